The zero-order chi connectivity index (χ0) is 15.4. The van der Waals surface area contributed by atoms with E-state index in [9.17, 15) is 9.18 Å². The van der Waals surface area contributed by atoms with E-state index in [1.54, 1.807) is 26.2 Å². The first-order valence-corrected chi connectivity index (χ1v) is 6.69. The number of nitrogens with one attached hydrogen (secondary N) is 1. The van der Waals surface area contributed by atoms with Crippen LogP contribution in [0.3, 0.4) is 0 Å². The third-order valence-corrected chi connectivity index (χ3v) is 3.24. The smallest absolute Gasteiger partial charge is 0.228 e. The third kappa shape index (κ3) is 3.81. The van der Waals surface area contributed by atoms with E-state index < -0.39 is 0 Å². The lowest BCUT2D eigenvalue weighted by Gasteiger charge is -2.10. The van der Waals surface area contributed by atoms with E-state index in [0.29, 0.717) is 17.0 Å². The number of methoxy groups -OCH3 is 1. The summed E-state index contributed by atoms with van der Waals surface area (Å²) < 4.78 is 18.7. The van der Waals surface area contributed by atoms with Gasteiger partial charge in [0.15, 0.2) is 0 Å². The number of ether oxygens (including phenoxy) is 1. The molecular formula is C17H18FNO2. The number of halogens is 1. The summed E-state index contributed by atoms with van der Waals surface area (Å²) >= 11 is 0. The predicted octanol–water partition coefficient (Wildman–Crippen LogP) is 3.63. The van der Waals surface area contributed by atoms with Crippen molar-refractivity contribution in [1.29, 1.82) is 0 Å². The van der Waals surface area contributed by atoms with E-state index >= 15 is 0 Å². The van der Waals surface area contributed by atoms with Crippen molar-refractivity contribution < 1.29 is 13.9 Å². The summed E-state index contributed by atoms with van der Waals surface area (Å²) in [6, 6.07) is 10.3. The Morgan fingerprint density at radius 1 is 1.19 bits per heavy atom. The Labute approximate surface area is 123 Å². The molecule has 2 rings (SSSR count). The number of hydrogen-bond donors (Lipinski definition) is 1. The minimum atomic E-state index is -0.332. The van der Waals surface area contributed by atoms with Gasteiger partial charge in [0.25, 0.3) is 0 Å². The number of benzene rings is 2. The van der Waals surface area contributed by atoms with Crippen LogP contribution in [0.15, 0.2) is 36.4 Å². The van der Waals surface area contributed by atoms with Crippen molar-refractivity contribution in [3.8, 4) is 5.75 Å². The van der Waals surface area contributed by atoms with Crippen LogP contribution in [-0.4, -0.2) is 13.0 Å². The number of carbonyl (C=O) groups is 1. The van der Waals surface area contributed by atoms with Crippen molar-refractivity contribution in [3.63, 3.8) is 0 Å². The molecule has 2 aromatic carbocycles. The van der Waals surface area contributed by atoms with Crippen LogP contribution in [0.4, 0.5) is 10.1 Å². The standard InChI is InChI=1S/C17H18FNO2/c1-11-4-7-16(21-3)13(8-11)9-17(20)19-14-6-5-12(2)15(18)10-14/h4-8,10H,9H2,1-3H3,(H,19,20). The van der Waals surface area contributed by atoms with Crippen LogP contribution in [0, 0.1) is 19.7 Å². The average Bonchev–Trinajstić information content (AvgIpc) is 2.43. The summed E-state index contributed by atoms with van der Waals surface area (Å²) in [5, 5.41) is 2.69. The fraction of sp³-hybridized carbons (Fsp3) is 0.235. The van der Waals surface area contributed by atoms with Gasteiger partial charge < -0.3 is 10.1 Å². The van der Waals surface area contributed by atoms with Crippen molar-refractivity contribution in [2.75, 3.05) is 12.4 Å². The molecule has 3 nitrogen and oxygen atoms in total. The molecule has 0 atom stereocenters. The number of carbonyl (C=O) groups excluding carboxylic acids is 1. The Bertz CT molecular complexity index is 668. The maximum absolute atomic E-state index is 13.5. The van der Waals surface area contributed by atoms with Crippen LogP contribution in [0.25, 0.3) is 0 Å². The third-order valence-electron chi connectivity index (χ3n) is 3.24. The monoisotopic (exact) mass is 287 g/mol. The maximum Gasteiger partial charge on any atom is 0.228 e. The fourth-order valence-corrected chi connectivity index (χ4v) is 2.09. The van der Waals surface area contributed by atoms with Crippen molar-refractivity contribution in [2.24, 2.45) is 0 Å². The number of aryl methyl sites for hydroxylation is 2. The number of rotatable bonds is 4. The van der Waals surface area contributed by atoms with Gasteiger partial charge in [0.1, 0.15) is 11.6 Å². The molecule has 0 aliphatic carbocycles. The molecule has 0 saturated carbocycles. The Balaban J connectivity index is 2.11. The molecule has 0 saturated heterocycles. The maximum atomic E-state index is 13.5. The Hall–Kier alpha value is -2.36. The lowest BCUT2D eigenvalue weighted by Crippen LogP contribution is -2.15. The molecule has 110 valence electrons. The van der Waals surface area contributed by atoms with E-state index in [-0.39, 0.29) is 18.1 Å². The molecule has 1 amide bonds. The topological polar surface area (TPSA) is 38.3 Å². The Morgan fingerprint density at radius 3 is 2.62 bits per heavy atom. The highest BCUT2D eigenvalue weighted by Crippen LogP contribution is 2.21. The lowest BCUT2D eigenvalue weighted by molar-refractivity contribution is -0.115. The van der Waals surface area contributed by atoms with E-state index in [2.05, 4.69) is 5.32 Å². The molecule has 4 heteroatoms. The van der Waals surface area contributed by atoms with Gasteiger partial charge in [-0.25, -0.2) is 4.39 Å². The van der Waals surface area contributed by atoms with Crippen LogP contribution >= 0.6 is 0 Å². The van der Waals surface area contributed by atoms with Crippen LogP contribution in [0.5, 0.6) is 5.75 Å². The predicted molar refractivity (Wildman–Crippen MR) is 81.2 cm³/mol. The molecule has 1 N–H and O–H groups in total. The van der Waals surface area contributed by atoms with Crippen LogP contribution in [0.1, 0.15) is 16.7 Å². The molecule has 2 aromatic rings. The molecule has 0 spiro atoms. The van der Waals surface area contributed by atoms with Crippen LogP contribution < -0.4 is 10.1 Å². The summed E-state index contributed by atoms with van der Waals surface area (Å²) in [4.78, 5) is 12.1. The minimum absolute atomic E-state index is 0.181. The van der Waals surface area contributed by atoms with Crippen LogP contribution in [-0.2, 0) is 11.2 Å². The first kappa shape index (κ1) is 15.0. The summed E-state index contributed by atoms with van der Waals surface area (Å²) in [5.41, 5.74) is 2.87. The van der Waals surface area contributed by atoms with Crippen molar-refractivity contribution in [2.45, 2.75) is 20.3 Å². The molecule has 0 fully saturated rings. The van der Waals surface area contributed by atoms with E-state index in [1.165, 1.54) is 6.07 Å². The minimum Gasteiger partial charge on any atom is -0.496 e. The van der Waals surface area contributed by atoms with Gasteiger partial charge in [-0.1, -0.05) is 23.8 Å². The van der Waals surface area contributed by atoms with Crippen molar-refractivity contribution in [3.05, 3.63) is 58.9 Å². The first-order valence-electron chi connectivity index (χ1n) is 6.69. The molecule has 0 bridgehead atoms. The van der Waals surface area contributed by atoms with Crippen molar-refractivity contribution >= 4 is 11.6 Å². The van der Waals surface area contributed by atoms with Crippen molar-refractivity contribution in [1.82, 2.24) is 0 Å². The molecule has 0 aliphatic heterocycles. The Kier molecular flexibility index (Phi) is 4.58. The zero-order valence-electron chi connectivity index (χ0n) is 12.4. The number of hydrogen-bond acceptors (Lipinski definition) is 2. The van der Waals surface area contributed by atoms with Gasteiger partial charge in [0.2, 0.25) is 5.91 Å². The molecule has 0 heterocycles. The second kappa shape index (κ2) is 6.39. The van der Waals surface area contributed by atoms with Gasteiger partial charge in [0.05, 0.1) is 13.5 Å². The van der Waals surface area contributed by atoms with E-state index in [4.69, 9.17) is 4.74 Å². The molecule has 0 aliphatic rings. The number of anilines is 1. The average molecular weight is 287 g/mol. The van der Waals surface area contributed by atoms with Gasteiger partial charge in [0, 0.05) is 11.3 Å². The van der Waals surface area contributed by atoms with Gasteiger partial charge in [-0.3, -0.25) is 4.79 Å². The fourth-order valence-electron chi connectivity index (χ4n) is 2.09. The second-order valence-electron chi connectivity index (χ2n) is 5.00. The van der Waals surface area contributed by atoms with Gasteiger partial charge >= 0.3 is 0 Å². The number of amides is 1. The molecular weight excluding hydrogens is 269 g/mol. The largest absolute Gasteiger partial charge is 0.496 e. The van der Waals surface area contributed by atoms with Crippen LogP contribution in [0.2, 0.25) is 0 Å². The summed E-state index contributed by atoms with van der Waals surface area (Å²) in [6.07, 6.45) is 0.181. The summed E-state index contributed by atoms with van der Waals surface area (Å²) in [6.45, 7) is 3.63. The highest BCUT2D eigenvalue weighted by Gasteiger charge is 2.10. The molecule has 0 aromatic heterocycles. The SMILES string of the molecule is COc1ccc(C)cc1CC(=O)Nc1ccc(C)c(F)c1. The molecule has 0 unspecified atom stereocenters. The molecule has 0 radical (unpaired) electrons. The summed E-state index contributed by atoms with van der Waals surface area (Å²) in [7, 11) is 1.57. The highest BCUT2D eigenvalue weighted by atomic mass is 19.1. The lowest BCUT2D eigenvalue weighted by atomic mass is 10.1. The second-order valence-corrected chi connectivity index (χ2v) is 5.00. The quantitative estimate of drug-likeness (QED) is 0.932. The highest BCUT2D eigenvalue weighted by molar-refractivity contribution is 5.92. The normalized spacial score (nSPS) is 10.3. The van der Waals surface area contributed by atoms with Gasteiger partial charge in [-0.05, 0) is 37.6 Å². The zero-order valence-corrected chi connectivity index (χ0v) is 12.4. The Morgan fingerprint density at radius 2 is 1.95 bits per heavy atom. The molecule has 21 heavy (non-hydrogen) atoms. The summed E-state index contributed by atoms with van der Waals surface area (Å²) in [5.74, 6) is 0.133. The van der Waals surface area contributed by atoms with E-state index in [0.717, 1.165) is 11.1 Å². The first-order chi connectivity index (χ1) is 9.99. The van der Waals surface area contributed by atoms with Gasteiger partial charge in [-0.15, -0.1) is 0 Å². The van der Waals surface area contributed by atoms with Gasteiger partial charge in [-0.2, -0.15) is 0 Å². The van der Waals surface area contributed by atoms with E-state index in [1.807, 2.05) is 25.1 Å².